The summed E-state index contributed by atoms with van der Waals surface area (Å²) in [5.74, 6) is 2.37. The first-order chi connectivity index (χ1) is 15.2. The summed E-state index contributed by atoms with van der Waals surface area (Å²) in [6, 6.07) is 18.3. The summed E-state index contributed by atoms with van der Waals surface area (Å²) in [4.78, 5) is 16.2. The van der Waals surface area contributed by atoms with Crippen molar-refractivity contribution in [3.63, 3.8) is 0 Å². The fourth-order valence-corrected chi connectivity index (χ4v) is 2.90. The van der Waals surface area contributed by atoms with Gasteiger partial charge in [0.05, 0.1) is 7.11 Å². The van der Waals surface area contributed by atoms with Crippen molar-refractivity contribution in [3.8, 4) is 23.2 Å². The first-order valence-corrected chi connectivity index (χ1v) is 9.72. The van der Waals surface area contributed by atoms with Crippen LogP contribution in [0.3, 0.4) is 0 Å². The standard InChI is InChI=1S/C23H21N5O3/c1-30-19-7-2-17(3-8-19)4-12-22(29)25-18-5-9-20(10-6-18)31-23-13-11-21(26-27-23)28-15-14-24-16-28/h2-3,5-11,13-16H,4,12H2,1H3,(H,25,29). The van der Waals surface area contributed by atoms with E-state index in [0.29, 0.717) is 36.0 Å². The van der Waals surface area contributed by atoms with Gasteiger partial charge >= 0.3 is 0 Å². The van der Waals surface area contributed by atoms with Crippen molar-refractivity contribution >= 4 is 11.6 Å². The van der Waals surface area contributed by atoms with E-state index < -0.39 is 0 Å². The van der Waals surface area contributed by atoms with Crippen LogP contribution >= 0.6 is 0 Å². The number of aryl methyl sites for hydroxylation is 1. The lowest BCUT2D eigenvalue weighted by Gasteiger charge is -2.08. The molecule has 0 fully saturated rings. The second kappa shape index (κ2) is 9.53. The summed E-state index contributed by atoms with van der Waals surface area (Å²) in [5, 5.41) is 11.1. The van der Waals surface area contributed by atoms with Crippen LogP contribution in [0.25, 0.3) is 5.82 Å². The third-order valence-corrected chi connectivity index (χ3v) is 4.56. The quantitative estimate of drug-likeness (QED) is 0.467. The van der Waals surface area contributed by atoms with Gasteiger partial charge in [-0.2, -0.15) is 0 Å². The van der Waals surface area contributed by atoms with Crippen LogP contribution in [0.2, 0.25) is 0 Å². The molecule has 1 N–H and O–H groups in total. The number of rotatable bonds is 8. The van der Waals surface area contributed by atoms with Gasteiger partial charge in [-0.3, -0.25) is 9.36 Å². The second-order valence-electron chi connectivity index (χ2n) is 6.72. The molecular formula is C23H21N5O3. The maximum Gasteiger partial charge on any atom is 0.238 e. The van der Waals surface area contributed by atoms with Gasteiger partial charge in [0.1, 0.15) is 17.8 Å². The number of hydrogen-bond donors (Lipinski definition) is 1. The average molecular weight is 415 g/mol. The lowest BCUT2D eigenvalue weighted by Crippen LogP contribution is -2.12. The normalized spacial score (nSPS) is 10.5. The highest BCUT2D eigenvalue weighted by atomic mass is 16.5. The predicted molar refractivity (Wildman–Crippen MR) is 116 cm³/mol. The van der Waals surface area contributed by atoms with Gasteiger partial charge in [-0.1, -0.05) is 12.1 Å². The highest BCUT2D eigenvalue weighted by Crippen LogP contribution is 2.22. The lowest BCUT2D eigenvalue weighted by atomic mass is 10.1. The molecule has 0 saturated carbocycles. The van der Waals surface area contributed by atoms with Gasteiger partial charge < -0.3 is 14.8 Å². The third kappa shape index (κ3) is 5.45. The molecule has 31 heavy (non-hydrogen) atoms. The Bertz CT molecular complexity index is 1110. The lowest BCUT2D eigenvalue weighted by molar-refractivity contribution is -0.116. The van der Waals surface area contributed by atoms with E-state index in [4.69, 9.17) is 9.47 Å². The molecule has 0 bridgehead atoms. The highest BCUT2D eigenvalue weighted by molar-refractivity contribution is 5.90. The molecule has 0 spiro atoms. The van der Waals surface area contributed by atoms with E-state index in [1.807, 2.05) is 24.3 Å². The number of benzene rings is 2. The Morgan fingerprint density at radius 2 is 1.74 bits per heavy atom. The van der Waals surface area contributed by atoms with E-state index in [1.165, 1.54) is 0 Å². The average Bonchev–Trinajstić information content (AvgIpc) is 3.35. The van der Waals surface area contributed by atoms with E-state index in [2.05, 4.69) is 20.5 Å². The molecule has 8 heteroatoms. The molecule has 2 aromatic carbocycles. The largest absolute Gasteiger partial charge is 0.497 e. The molecule has 1 amide bonds. The van der Waals surface area contributed by atoms with Crippen molar-refractivity contribution in [1.82, 2.24) is 19.7 Å². The number of carbonyl (C=O) groups is 1. The molecule has 0 aliphatic heterocycles. The van der Waals surface area contributed by atoms with Crippen molar-refractivity contribution in [2.24, 2.45) is 0 Å². The summed E-state index contributed by atoms with van der Waals surface area (Å²) in [5.41, 5.74) is 1.79. The molecule has 0 radical (unpaired) electrons. The summed E-state index contributed by atoms with van der Waals surface area (Å²) < 4.78 is 12.6. The molecule has 0 atom stereocenters. The van der Waals surface area contributed by atoms with Crippen LogP contribution in [0.15, 0.2) is 79.4 Å². The summed E-state index contributed by atoms with van der Waals surface area (Å²) in [6.07, 6.45) is 6.16. The van der Waals surface area contributed by atoms with Crippen molar-refractivity contribution in [1.29, 1.82) is 0 Å². The summed E-state index contributed by atoms with van der Waals surface area (Å²) in [6.45, 7) is 0. The minimum Gasteiger partial charge on any atom is -0.497 e. The zero-order valence-corrected chi connectivity index (χ0v) is 16.9. The SMILES string of the molecule is COc1ccc(CCC(=O)Nc2ccc(Oc3ccc(-n4ccnc4)nn3)cc2)cc1. The number of amides is 1. The van der Waals surface area contributed by atoms with Crippen LogP contribution in [-0.2, 0) is 11.2 Å². The van der Waals surface area contributed by atoms with Crippen LogP contribution in [0.5, 0.6) is 17.4 Å². The zero-order valence-electron chi connectivity index (χ0n) is 16.9. The minimum atomic E-state index is -0.0505. The number of carbonyl (C=O) groups excluding carboxylic acids is 1. The maximum absolute atomic E-state index is 12.2. The molecule has 0 unspecified atom stereocenters. The maximum atomic E-state index is 12.2. The number of anilines is 1. The summed E-state index contributed by atoms with van der Waals surface area (Å²) in [7, 11) is 1.63. The number of methoxy groups -OCH3 is 1. The van der Waals surface area contributed by atoms with Gasteiger partial charge in [-0.15, -0.1) is 10.2 Å². The minimum absolute atomic E-state index is 0.0505. The molecule has 4 aromatic rings. The van der Waals surface area contributed by atoms with E-state index >= 15 is 0 Å². The number of imidazole rings is 1. The summed E-state index contributed by atoms with van der Waals surface area (Å²) >= 11 is 0. The number of ether oxygens (including phenoxy) is 2. The zero-order chi connectivity index (χ0) is 21.5. The van der Waals surface area contributed by atoms with Crippen LogP contribution in [0.1, 0.15) is 12.0 Å². The topological polar surface area (TPSA) is 91.2 Å². The Balaban J connectivity index is 1.28. The highest BCUT2D eigenvalue weighted by Gasteiger charge is 2.06. The smallest absolute Gasteiger partial charge is 0.238 e. The molecule has 0 aliphatic carbocycles. The van der Waals surface area contributed by atoms with E-state index in [-0.39, 0.29) is 5.91 Å². The third-order valence-electron chi connectivity index (χ3n) is 4.56. The van der Waals surface area contributed by atoms with Crippen LogP contribution in [-0.4, -0.2) is 32.8 Å². The first-order valence-electron chi connectivity index (χ1n) is 9.72. The van der Waals surface area contributed by atoms with Crippen molar-refractivity contribution in [2.45, 2.75) is 12.8 Å². The van der Waals surface area contributed by atoms with E-state index in [1.54, 1.807) is 66.8 Å². The second-order valence-corrected chi connectivity index (χ2v) is 6.72. The van der Waals surface area contributed by atoms with Crippen molar-refractivity contribution in [2.75, 3.05) is 12.4 Å². The molecule has 2 aromatic heterocycles. The fraction of sp³-hybridized carbons (Fsp3) is 0.130. The molecule has 0 saturated heterocycles. The Morgan fingerprint density at radius 3 is 2.39 bits per heavy atom. The molecule has 8 nitrogen and oxygen atoms in total. The number of nitrogens with zero attached hydrogens (tertiary/aromatic N) is 4. The van der Waals surface area contributed by atoms with E-state index in [9.17, 15) is 4.79 Å². The fourth-order valence-electron chi connectivity index (χ4n) is 2.90. The first kappa shape index (κ1) is 20.1. The van der Waals surface area contributed by atoms with Gasteiger partial charge in [0.25, 0.3) is 0 Å². The number of aromatic nitrogens is 4. The van der Waals surface area contributed by atoms with Gasteiger partial charge in [-0.25, -0.2) is 4.98 Å². The van der Waals surface area contributed by atoms with Crippen molar-refractivity contribution < 1.29 is 14.3 Å². The molecule has 156 valence electrons. The predicted octanol–water partition coefficient (Wildman–Crippen LogP) is 4.03. The Kier molecular flexibility index (Phi) is 6.18. The van der Waals surface area contributed by atoms with Crippen molar-refractivity contribution in [3.05, 3.63) is 84.9 Å². The monoisotopic (exact) mass is 415 g/mol. The van der Waals surface area contributed by atoms with E-state index in [0.717, 1.165) is 11.3 Å². The molecule has 4 rings (SSSR count). The Morgan fingerprint density at radius 1 is 0.968 bits per heavy atom. The number of nitrogens with one attached hydrogen (secondary N) is 1. The Labute approximate surface area is 179 Å². The number of hydrogen-bond acceptors (Lipinski definition) is 6. The van der Waals surface area contributed by atoms with Crippen LogP contribution in [0, 0.1) is 0 Å². The Hall–Kier alpha value is -4.20. The van der Waals surface area contributed by atoms with Gasteiger partial charge in [0.2, 0.25) is 11.8 Å². The molecular weight excluding hydrogens is 394 g/mol. The van der Waals surface area contributed by atoms with Crippen LogP contribution in [0.4, 0.5) is 5.69 Å². The van der Waals surface area contributed by atoms with Gasteiger partial charge in [0, 0.05) is 30.6 Å². The molecule has 0 aliphatic rings. The van der Waals surface area contributed by atoms with Crippen LogP contribution < -0.4 is 14.8 Å². The molecule has 2 heterocycles. The van der Waals surface area contributed by atoms with Gasteiger partial charge in [0.15, 0.2) is 5.82 Å². The van der Waals surface area contributed by atoms with Gasteiger partial charge in [-0.05, 0) is 54.4 Å².